The van der Waals surface area contributed by atoms with E-state index in [1.807, 2.05) is 12.1 Å². The van der Waals surface area contributed by atoms with Gasteiger partial charge in [-0.25, -0.2) is 0 Å². The van der Waals surface area contributed by atoms with Gasteiger partial charge in [0.1, 0.15) is 17.0 Å². The zero-order valence-corrected chi connectivity index (χ0v) is 10.0. The molecule has 17 heavy (non-hydrogen) atoms. The van der Waals surface area contributed by atoms with Gasteiger partial charge in [0.25, 0.3) is 0 Å². The third-order valence-electron chi connectivity index (χ3n) is 3.93. The van der Waals surface area contributed by atoms with E-state index >= 15 is 0 Å². The van der Waals surface area contributed by atoms with Crippen molar-refractivity contribution in [2.75, 3.05) is 7.11 Å². The SMILES string of the molecule is COc1cccnc1C1(O)CC2CCC(C1)N2. The predicted molar refractivity (Wildman–Crippen MR) is 63.9 cm³/mol. The molecule has 1 aromatic heterocycles. The molecule has 4 heteroatoms. The summed E-state index contributed by atoms with van der Waals surface area (Å²) in [5.41, 5.74) is -0.134. The topological polar surface area (TPSA) is 54.4 Å². The fraction of sp³-hybridized carbons (Fsp3) is 0.615. The highest BCUT2D eigenvalue weighted by molar-refractivity contribution is 5.33. The second kappa shape index (κ2) is 3.96. The normalized spacial score (nSPS) is 35.9. The van der Waals surface area contributed by atoms with Crippen LogP contribution in [0.2, 0.25) is 0 Å². The number of ether oxygens (including phenoxy) is 1. The maximum Gasteiger partial charge on any atom is 0.143 e. The number of rotatable bonds is 2. The van der Waals surface area contributed by atoms with Gasteiger partial charge in [-0.1, -0.05) is 0 Å². The highest BCUT2D eigenvalue weighted by Crippen LogP contribution is 2.42. The molecule has 2 atom stereocenters. The van der Waals surface area contributed by atoms with Gasteiger partial charge in [-0.15, -0.1) is 0 Å². The molecule has 2 N–H and O–H groups in total. The molecule has 3 rings (SSSR count). The summed E-state index contributed by atoms with van der Waals surface area (Å²) in [6.07, 6.45) is 5.50. The van der Waals surface area contributed by atoms with Gasteiger partial charge < -0.3 is 15.2 Å². The van der Waals surface area contributed by atoms with Crippen molar-refractivity contribution < 1.29 is 9.84 Å². The summed E-state index contributed by atoms with van der Waals surface area (Å²) in [4.78, 5) is 4.34. The van der Waals surface area contributed by atoms with Crippen molar-refractivity contribution in [2.45, 2.75) is 43.4 Å². The average Bonchev–Trinajstić information content (AvgIpc) is 2.69. The zero-order valence-electron chi connectivity index (χ0n) is 10.0. The number of piperidine rings is 1. The van der Waals surface area contributed by atoms with Gasteiger partial charge in [-0.2, -0.15) is 0 Å². The fourth-order valence-electron chi connectivity index (χ4n) is 3.22. The fourth-order valence-corrected chi connectivity index (χ4v) is 3.22. The minimum Gasteiger partial charge on any atom is -0.495 e. The Morgan fingerprint density at radius 1 is 1.41 bits per heavy atom. The number of aromatic nitrogens is 1. The molecular formula is C13H18N2O2. The maximum atomic E-state index is 10.9. The van der Waals surface area contributed by atoms with E-state index in [1.165, 1.54) is 0 Å². The van der Waals surface area contributed by atoms with E-state index in [0.29, 0.717) is 23.5 Å². The minimum atomic E-state index is -0.830. The Hall–Kier alpha value is -1.13. The number of methoxy groups -OCH3 is 1. The first-order valence-corrected chi connectivity index (χ1v) is 6.19. The smallest absolute Gasteiger partial charge is 0.143 e. The summed E-state index contributed by atoms with van der Waals surface area (Å²) < 4.78 is 5.31. The molecule has 1 aromatic rings. The van der Waals surface area contributed by atoms with Crippen LogP contribution in [0.5, 0.6) is 5.75 Å². The summed E-state index contributed by atoms with van der Waals surface area (Å²) in [6.45, 7) is 0. The largest absolute Gasteiger partial charge is 0.495 e. The Bertz CT molecular complexity index is 410. The molecule has 2 fully saturated rings. The Morgan fingerprint density at radius 2 is 2.12 bits per heavy atom. The van der Waals surface area contributed by atoms with Crippen molar-refractivity contribution in [1.29, 1.82) is 0 Å². The van der Waals surface area contributed by atoms with E-state index in [2.05, 4.69) is 10.3 Å². The maximum absolute atomic E-state index is 10.9. The Balaban J connectivity index is 1.96. The van der Waals surface area contributed by atoms with Gasteiger partial charge in [0.15, 0.2) is 0 Å². The number of pyridine rings is 1. The summed E-state index contributed by atoms with van der Waals surface area (Å²) in [5.74, 6) is 0.691. The number of hydrogen-bond acceptors (Lipinski definition) is 4. The first-order chi connectivity index (χ1) is 8.21. The summed E-state index contributed by atoms with van der Waals surface area (Å²) in [7, 11) is 1.62. The van der Waals surface area contributed by atoms with Gasteiger partial charge in [0.2, 0.25) is 0 Å². The number of aliphatic hydroxyl groups is 1. The van der Waals surface area contributed by atoms with Crippen molar-refractivity contribution in [2.24, 2.45) is 0 Å². The molecule has 2 saturated heterocycles. The lowest BCUT2D eigenvalue weighted by Crippen LogP contribution is -2.47. The summed E-state index contributed by atoms with van der Waals surface area (Å²) in [5, 5.41) is 14.4. The third-order valence-corrected chi connectivity index (χ3v) is 3.93. The second-order valence-corrected chi connectivity index (χ2v) is 5.13. The molecule has 3 heterocycles. The predicted octanol–water partition coefficient (Wildman–Crippen LogP) is 1.19. The molecule has 0 spiro atoms. The van der Waals surface area contributed by atoms with Crippen LogP contribution in [-0.4, -0.2) is 29.3 Å². The molecule has 0 radical (unpaired) electrons. The van der Waals surface area contributed by atoms with Crippen LogP contribution in [0, 0.1) is 0 Å². The molecule has 0 aromatic carbocycles. The van der Waals surface area contributed by atoms with Gasteiger partial charge in [0, 0.05) is 18.3 Å². The van der Waals surface area contributed by atoms with Crippen LogP contribution in [0.3, 0.4) is 0 Å². The van der Waals surface area contributed by atoms with E-state index in [-0.39, 0.29) is 0 Å². The van der Waals surface area contributed by atoms with Crippen LogP contribution in [0.4, 0.5) is 0 Å². The molecule has 2 unspecified atom stereocenters. The number of nitrogens with zero attached hydrogens (tertiary/aromatic N) is 1. The Morgan fingerprint density at radius 3 is 2.76 bits per heavy atom. The zero-order chi connectivity index (χ0) is 11.9. The van der Waals surface area contributed by atoms with Crippen LogP contribution in [0.25, 0.3) is 0 Å². The molecule has 92 valence electrons. The minimum absolute atomic E-state index is 0.422. The van der Waals surface area contributed by atoms with Crippen molar-refractivity contribution in [3.8, 4) is 5.75 Å². The van der Waals surface area contributed by atoms with E-state index in [1.54, 1.807) is 13.3 Å². The van der Waals surface area contributed by atoms with Gasteiger partial charge in [-0.05, 0) is 37.8 Å². The molecule has 2 bridgehead atoms. The number of hydrogen-bond donors (Lipinski definition) is 2. The summed E-state index contributed by atoms with van der Waals surface area (Å²) in [6, 6.07) is 4.54. The molecular weight excluding hydrogens is 216 g/mol. The Labute approximate surface area is 101 Å². The highest BCUT2D eigenvalue weighted by Gasteiger charge is 2.45. The summed E-state index contributed by atoms with van der Waals surface area (Å²) >= 11 is 0. The van der Waals surface area contributed by atoms with Crippen LogP contribution >= 0.6 is 0 Å². The van der Waals surface area contributed by atoms with Crippen molar-refractivity contribution in [1.82, 2.24) is 10.3 Å². The van der Waals surface area contributed by atoms with E-state index < -0.39 is 5.60 Å². The molecule has 0 saturated carbocycles. The lowest BCUT2D eigenvalue weighted by atomic mass is 9.84. The highest BCUT2D eigenvalue weighted by atomic mass is 16.5. The van der Waals surface area contributed by atoms with Crippen molar-refractivity contribution in [3.63, 3.8) is 0 Å². The average molecular weight is 234 g/mol. The molecule has 0 amide bonds. The van der Waals surface area contributed by atoms with E-state index in [4.69, 9.17) is 4.74 Å². The lowest BCUT2D eigenvalue weighted by Gasteiger charge is -2.37. The van der Waals surface area contributed by atoms with Crippen molar-refractivity contribution in [3.05, 3.63) is 24.0 Å². The standard InChI is InChI=1S/C13H18N2O2/c1-17-11-3-2-6-14-12(11)13(16)7-9-4-5-10(8-13)15-9/h2-3,6,9-10,15-16H,4-5,7-8H2,1H3. The molecule has 2 aliphatic rings. The van der Waals surface area contributed by atoms with Crippen molar-refractivity contribution >= 4 is 0 Å². The quantitative estimate of drug-likeness (QED) is 0.807. The van der Waals surface area contributed by atoms with Crippen LogP contribution in [0.1, 0.15) is 31.4 Å². The number of nitrogens with one attached hydrogen (secondary N) is 1. The second-order valence-electron chi connectivity index (χ2n) is 5.13. The Kier molecular flexibility index (Phi) is 2.56. The molecule has 2 aliphatic heterocycles. The van der Waals surface area contributed by atoms with E-state index in [9.17, 15) is 5.11 Å². The van der Waals surface area contributed by atoms with Crippen LogP contribution < -0.4 is 10.1 Å². The van der Waals surface area contributed by atoms with Gasteiger partial charge >= 0.3 is 0 Å². The molecule has 4 nitrogen and oxygen atoms in total. The van der Waals surface area contributed by atoms with Gasteiger partial charge in [-0.3, -0.25) is 4.98 Å². The first-order valence-electron chi connectivity index (χ1n) is 6.19. The number of fused-ring (bicyclic) bond motifs is 2. The molecule has 0 aliphatic carbocycles. The van der Waals surface area contributed by atoms with E-state index in [0.717, 1.165) is 25.7 Å². The third kappa shape index (κ3) is 1.81. The van der Waals surface area contributed by atoms with Crippen LogP contribution in [0.15, 0.2) is 18.3 Å². The van der Waals surface area contributed by atoms with Crippen LogP contribution in [-0.2, 0) is 5.60 Å². The monoisotopic (exact) mass is 234 g/mol. The van der Waals surface area contributed by atoms with Gasteiger partial charge in [0.05, 0.1) is 7.11 Å². The first kappa shape index (κ1) is 11.0. The lowest BCUT2D eigenvalue weighted by molar-refractivity contribution is -0.0171.